The second-order valence-corrected chi connectivity index (χ2v) is 9.73. The smallest absolute Gasteiger partial charge is 0.229 e. The summed E-state index contributed by atoms with van der Waals surface area (Å²) >= 11 is 3.43. The zero-order valence-electron chi connectivity index (χ0n) is 18.3. The number of nitrogens with zero attached hydrogens (tertiary/aromatic N) is 2. The van der Waals surface area contributed by atoms with Crippen LogP contribution >= 0.6 is 15.9 Å². The van der Waals surface area contributed by atoms with E-state index in [1.807, 2.05) is 36.4 Å². The number of allylic oxidation sites excluding steroid dienone is 3. The molecule has 0 spiro atoms. The highest BCUT2D eigenvalue weighted by atomic mass is 79.9. The van der Waals surface area contributed by atoms with E-state index in [1.165, 1.54) is 32.1 Å². The van der Waals surface area contributed by atoms with Crippen molar-refractivity contribution in [3.05, 3.63) is 75.9 Å². The summed E-state index contributed by atoms with van der Waals surface area (Å²) in [5, 5.41) is 12.6. The lowest BCUT2D eigenvalue weighted by Crippen LogP contribution is -2.19. The zero-order valence-corrected chi connectivity index (χ0v) is 19.9. The van der Waals surface area contributed by atoms with E-state index in [2.05, 4.69) is 26.2 Å². The van der Waals surface area contributed by atoms with Crippen molar-refractivity contribution in [2.24, 2.45) is 5.92 Å². The van der Waals surface area contributed by atoms with E-state index in [9.17, 15) is 9.90 Å². The van der Waals surface area contributed by atoms with Crippen molar-refractivity contribution >= 4 is 27.7 Å². The van der Waals surface area contributed by atoms with Gasteiger partial charge in [0.25, 0.3) is 0 Å². The lowest BCUT2D eigenvalue weighted by Gasteiger charge is -2.22. The van der Waals surface area contributed by atoms with Gasteiger partial charge in [-0.25, -0.2) is 4.98 Å². The Kier molecular flexibility index (Phi) is 7.74. The van der Waals surface area contributed by atoms with Gasteiger partial charge in [0.1, 0.15) is 5.76 Å². The molecule has 1 aromatic carbocycles. The molecule has 4 rings (SSSR count). The highest BCUT2D eigenvalue weighted by Gasteiger charge is 2.19. The SMILES string of the molecule is O=C(Cc1ccc(Br)cc1)Nc1ncc(C2C=CC(O)=CC2)nc1CCC1CCCCC1. The first-order valence-corrected chi connectivity index (χ1v) is 12.3. The molecule has 168 valence electrons. The summed E-state index contributed by atoms with van der Waals surface area (Å²) in [6.45, 7) is 0. The molecule has 1 unspecified atom stereocenters. The highest BCUT2D eigenvalue weighted by molar-refractivity contribution is 9.10. The van der Waals surface area contributed by atoms with E-state index >= 15 is 0 Å². The summed E-state index contributed by atoms with van der Waals surface area (Å²) in [7, 11) is 0. The number of anilines is 1. The number of carbonyl (C=O) groups excluding carboxylic acids is 1. The third kappa shape index (κ3) is 6.28. The number of aliphatic hydroxyl groups is 1. The van der Waals surface area contributed by atoms with Gasteiger partial charge in [0.15, 0.2) is 5.82 Å². The third-order valence-corrected chi connectivity index (χ3v) is 6.90. The number of carbonyl (C=O) groups is 1. The van der Waals surface area contributed by atoms with Gasteiger partial charge in [-0.1, -0.05) is 66.2 Å². The van der Waals surface area contributed by atoms with E-state index in [0.717, 1.165) is 40.2 Å². The van der Waals surface area contributed by atoms with Crippen molar-refractivity contribution in [2.75, 3.05) is 5.32 Å². The summed E-state index contributed by atoms with van der Waals surface area (Å²) in [6, 6.07) is 7.77. The van der Waals surface area contributed by atoms with E-state index in [-0.39, 0.29) is 11.8 Å². The van der Waals surface area contributed by atoms with Crippen LogP contribution in [0.25, 0.3) is 0 Å². The molecule has 2 aromatic rings. The average Bonchev–Trinajstić information content (AvgIpc) is 2.81. The van der Waals surface area contributed by atoms with Crippen LogP contribution in [0.15, 0.2) is 58.9 Å². The number of aromatic nitrogens is 2. The second-order valence-electron chi connectivity index (χ2n) is 8.81. The van der Waals surface area contributed by atoms with Crippen molar-refractivity contribution in [1.82, 2.24) is 9.97 Å². The van der Waals surface area contributed by atoms with Gasteiger partial charge in [-0.15, -0.1) is 0 Å². The molecule has 1 heterocycles. The van der Waals surface area contributed by atoms with Gasteiger partial charge in [0.05, 0.1) is 24.0 Å². The molecule has 2 aliphatic carbocycles. The zero-order chi connectivity index (χ0) is 22.3. The van der Waals surface area contributed by atoms with Crippen molar-refractivity contribution in [2.45, 2.75) is 63.7 Å². The molecule has 1 fully saturated rings. The predicted octanol–water partition coefficient (Wildman–Crippen LogP) is 6.42. The van der Waals surface area contributed by atoms with Crippen LogP contribution in [0.2, 0.25) is 0 Å². The number of hydrogen-bond acceptors (Lipinski definition) is 4. The molecule has 2 N–H and O–H groups in total. The monoisotopic (exact) mass is 495 g/mol. The first-order valence-electron chi connectivity index (χ1n) is 11.5. The Labute approximate surface area is 198 Å². The fourth-order valence-electron chi connectivity index (χ4n) is 4.51. The van der Waals surface area contributed by atoms with Gasteiger partial charge >= 0.3 is 0 Å². The molecule has 1 aromatic heterocycles. The van der Waals surface area contributed by atoms with E-state index in [0.29, 0.717) is 24.4 Å². The molecule has 1 atom stereocenters. The lowest BCUT2D eigenvalue weighted by atomic mass is 9.85. The minimum absolute atomic E-state index is 0.0845. The van der Waals surface area contributed by atoms with Crippen LogP contribution in [0.1, 0.15) is 67.8 Å². The Morgan fingerprint density at radius 2 is 1.94 bits per heavy atom. The molecule has 32 heavy (non-hydrogen) atoms. The van der Waals surface area contributed by atoms with E-state index in [4.69, 9.17) is 4.98 Å². The standard InChI is InChI=1S/C26H30BrN3O2/c27-21-11-6-19(7-12-21)16-25(32)30-26-23(15-8-18-4-2-1-3-5-18)29-24(17-28-26)20-9-13-22(31)14-10-20/h6-7,9,11-14,17-18,20,31H,1-5,8,10,15-16H2,(H,28,30,32). The summed E-state index contributed by atoms with van der Waals surface area (Å²) in [4.78, 5) is 22.3. The average molecular weight is 496 g/mol. The molecule has 5 nitrogen and oxygen atoms in total. The van der Waals surface area contributed by atoms with Crippen LogP contribution < -0.4 is 5.32 Å². The molecule has 0 saturated heterocycles. The summed E-state index contributed by atoms with van der Waals surface area (Å²) in [5.74, 6) is 1.61. The maximum absolute atomic E-state index is 12.7. The number of amides is 1. The van der Waals surface area contributed by atoms with Crippen LogP contribution in [0.3, 0.4) is 0 Å². The van der Waals surface area contributed by atoms with Gasteiger partial charge in [0.2, 0.25) is 5.91 Å². The van der Waals surface area contributed by atoms with Crippen LogP contribution in [0.4, 0.5) is 5.82 Å². The number of nitrogens with one attached hydrogen (secondary N) is 1. The van der Waals surface area contributed by atoms with E-state index in [1.54, 1.807) is 12.3 Å². The van der Waals surface area contributed by atoms with Gasteiger partial charge < -0.3 is 10.4 Å². The van der Waals surface area contributed by atoms with Gasteiger partial charge in [-0.3, -0.25) is 9.78 Å². The number of aryl methyl sites for hydroxylation is 1. The molecule has 1 saturated carbocycles. The van der Waals surface area contributed by atoms with Crippen LogP contribution in [-0.2, 0) is 17.6 Å². The van der Waals surface area contributed by atoms with E-state index < -0.39 is 0 Å². The van der Waals surface area contributed by atoms with Crippen molar-refractivity contribution < 1.29 is 9.90 Å². The van der Waals surface area contributed by atoms with Crippen molar-refractivity contribution in [3.63, 3.8) is 0 Å². The minimum Gasteiger partial charge on any atom is -0.508 e. The number of aliphatic hydroxyl groups excluding tert-OH is 1. The first-order chi connectivity index (χ1) is 15.6. The maximum atomic E-state index is 12.7. The van der Waals surface area contributed by atoms with Crippen molar-refractivity contribution in [1.29, 1.82) is 0 Å². The number of halogens is 1. The molecule has 0 bridgehead atoms. The normalized spacial score (nSPS) is 18.9. The molecule has 2 aliphatic rings. The Morgan fingerprint density at radius 1 is 1.16 bits per heavy atom. The van der Waals surface area contributed by atoms with Gasteiger partial charge in [-0.2, -0.15) is 0 Å². The Morgan fingerprint density at radius 3 is 2.66 bits per heavy atom. The summed E-state index contributed by atoms with van der Waals surface area (Å²) in [5.41, 5.74) is 2.71. The molecular weight excluding hydrogens is 466 g/mol. The minimum atomic E-state index is -0.0845. The van der Waals surface area contributed by atoms with Crippen LogP contribution in [0.5, 0.6) is 0 Å². The van der Waals surface area contributed by atoms with Crippen LogP contribution in [-0.4, -0.2) is 21.0 Å². The highest BCUT2D eigenvalue weighted by Crippen LogP contribution is 2.30. The largest absolute Gasteiger partial charge is 0.508 e. The maximum Gasteiger partial charge on any atom is 0.229 e. The van der Waals surface area contributed by atoms with Crippen molar-refractivity contribution in [3.8, 4) is 0 Å². The number of benzene rings is 1. The third-order valence-electron chi connectivity index (χ3n) is 6.37. The predicted molar refractivity (Wildman–Crippen MR) is 131 cm³/mol. The number of rotatable bonds is 7. The van der Waals surface area contributed by atoms with Crippen LogP contribution in [0, 0.1) is 5.92 Å². The topological polar surface area (TPSA) is 75.1 Å². The Hall–Kier alpha value is -2.47. The molecule has 1 amide bonds. The molecule has 6 heteroatoms. The number of hydrogen-bond donors (Lipinski definition) is 2. The fourth-order valence-corrected chi connectivity index (χ4v) is 4.77. The Bertz CT molecular complexity index is 995. The first kappa shape index (κ1) is 22.7. The Balaban J connectivity index is 1.49. The fraction of sp³-hybridized carbons (Fsp3) is 0.423. The molecule has 0 aliphatic heterocycles. The van der Waals surface area contributed by atoms with Gasteiger partial charge in [0, 0.05) is 10.4 Å². The van der Waals surface area contributed by atoms with Gasteiger partial charge in [-0.05, 0) is 55.0 Å². The lowest BCUT2D eigenvalue weighted by molar-refractivity contribution is -0.115. The quantitative estimate of drug-likeness (QED) is 0.464. The summed E-state index contributed by atoms with van der Waals surface area (Å²) < 4.78 is 0.994. The molecule has 0 radical (unpaired) electrons. The second kappa shape index (κ2) is 10.9. The molecular formula is C26H30BrN3O2. The summed E-state index contributed by atoms with van der Waals surface area (Å²) in [6.07, 6.45) is 16.7.